The Balaban J connectivity index is 1.86. The maximum Gasteiger partial charge on any atom is 0.257 e. The van der Waals surface area contributed by atoms with Gasteiger partial charge in [-0.3, -0.25) is 9.59 Å². The Kier molecular flexibility index (Phi) is 4.21. The average molecular weight is 318 g/mol. The average Bonchev–Trinajstić information content (AvgIpc) is 2.59. The minimum Gasteiger partial charge on any atom is -0.392 e. The number of piperidine rings is 2. The van der Waals surface area contributed by atoms with Crippen LogP contribution in [0.4, 0.5) is 5.82 Å². The van der Waals surface area contributed by atoms with Crippen molar-refractivity contribution >= 4 is 17.6 Å². The second kappa shape index (κ2) is 6.16. The molecule has 2 aliphatic rings. The molecule has 0 radical (unpaired) electrons. The number of aromatic nitrogens is 1. The fraction of sp³-hybridized carbons (Fsp3) is 0.562. The number of aliphatic hydroxyl groups excluding tert-OH is 1. The molecule has 124 valence electrons. The quantitative estimate of drug-likeness (QED) is 0.725. The molecule has 0 unspecified atom stereocenters. The fourth-order valence-corrected chi connectivity index (χ4v) is 3.56. The van der Waals surface area contributed by atoms with Gasteiger partial charge in [-0.05, 0) is 31.4 Å². The first-order chi connectivity index (χ1) is 11.1. The van der Waals surface area contributed by atoms with E-state index in [9.17, 15) is 14.7 Å². The standard InChI is InChI=1S/C16H22N4O3/c1-17-13-11(4-2-7-18-13)14(22)20-9-5-12(21)16(10-20)6-3-8-19-15(16)23/h2,4,7,12,21H,3,5-6,8-10H2,1H3,(H,17,18)(H,19,23)/t12-,16+/m0/s1. The van der Waals surface area contributed by atoms with E-state index in [2.05, 4.69) is 15.6 Å². The molecular formula is C16H22N4O3. The molecule has 1 aromatic heterocycles. The van der Waals surface area contributed by atoms with E-state index < -0.39 is 11.5 Å². The second-order valence-corrected chi connectivity index (χ2v) is 6.20. The number of hydrogen-bond donors (Lipinski definition) is 3. The Hall–Kier alpha value is -2.15. The Bertz CT molecular complexity index is 621. The lowest BCUT2D eigenvalue weighted by atomic mass is 9.71. The van der Waals surface area contributed by atoms with Gasteiger partial charge in [0.1, 0.15) is 5.82 Å². The van der Waals surface area contributed by atoms with Gasteiger partial charge in [-0.1, -0.05) is 0 Å². The predicted octanol–water partition coefficient (Wildman–Crippen LogP) is 0.226. The molecule has 1 spiro atoms. The van der Waals surface area contributed by atoms with Crippen molar-refractivity contribution in [2.24, 2.45) is 5.41 Å². The maximum atomic E-state index is 12.9. The first-order valence-electron chi connectivity index (χ1n) is 7.97. The summed E-state index contributed by atoms with van der Waals surface area (Å²) in [5.74, 6) is 0.214. The molecule has 0 aromatic carbocycles. The van der Waals surface area contributed by atoms with Crippen molar-refractivity contribution in [1.82, 2.24) is 15.2 Å². The van der Waals surface area contributed by atoms with Gasteiger partial charge in [0.2, 0.25) is 5.91 Å². The molecule has 2 amide bonds. The zero-order chi connectivity index (χ0) is 16.4. The summed E-state index contributed by atoms with van der Waals surface area (Å²) in [6, 6.07) is 3.44. The Morgan fingerprint density at radius 2 is 2.39 bits per heavy atom. The van der Waals surface area contributed by atoms with E-state index in [1.807, 2.05) is 0 Å². The summed E-state index contributed by atoms with van der Waals surface area (Å²) in [4.78, 5) is 31.0. The SMILES string of the molecule is CNc1ncccc1C(=O)N1CC[C@H](O)[C@@]2(CCCNC2=O)C1. The van der Waals surface area contributed by atoms with Crippen molar-refractivity contribution in [3.63, 3.8) is 0 Å². The van der Waals surface area contributed by atoms with Crippen molar-refractivity contribution < 1.29 is 14.7 Å². The molecule has 2 atom stereocenters. The molecular weight excluding hydrogens is 296 g/mol. The van der Waals surface area contributed by atoms with E-state index in [0.717, 1.165) is 6.42 Å². The monoisotopic (exact) mass is 318 g/mol. The van der Waals surface area contributed by atoms with Crippen molar-refractivity contribution in [3.05, 3.63) is 23.9 Å². The Morgan fingerprint density at radius 1 is 1.57 bits per heavy atom. The molecule has 3 N–H and O–H groups in total. The molecule has 0 saturated carbocycles. The molecule has 7 nitrogen and oxygen atoms in total. The highest BCUT2D eigenvalue weighted by atomic mass is 16.3. The van der Waals surface area contributed by atoms with Crippen LogP contribution < -0.4 is 10.6 Å². The molecule has 3 rings (SSSR count). The molecule has 2 fully saturated rings. The van der Waals surface area contributed by atoms with Gasteiger partial charge in [0.05, 0.1) is 17.1 Å². The summed E-state index contributed by atoms with van der Waals surface area (Å²) in [5, 5.41) is 16.2. The number of rotatable bonds is 2. The smallest absolute Gasteiger partial charge is 0.257 e. The van der Waals surface area contributed by atoms with Crippen molar-refractivity contribution in [1.29, 1.82) is 0 Å². The van der Waals surface area contributed by atoms with Gasteiger partial charge >= 0.3 is 0 Å². The van der Waals surface area contributed by atoms with Crippen LogP contribution in [0.3, 0.4) is 0 Å². The molecule has 0 aliphatic carbocycles. The highest BCUT2D eigenvalue weighted by Gasteiger charge is 2.50. The van der Waals surface area contributed by atoms with Crippen LogP contribution >= 0.6 is 0 Å². The molecule has 3 heterocycles. The molecule has 1 aromatic rings. The lowest BCUT2D eigenvalue weighted by molar-refractivity contribution is -0.147. The van der Waals surface area contributed by atoms with Crippen LogP contribution in [-0.4, -0.2) is 59.6 Å². The summed E-state index contributed by atoms with van der Waals surface area (Å²) >= 11 is 0. The van der Waals surface area contributed by atoms with Gasteiger partial charge in [0.15, 0.2) is 0 Å². The summed E-state index contributed by atoms with van der Waals surface area (Å²) in [6.07, 6.45) is 2.76. The van der Waals surface area contributed by atoms with Gasteiger partial charge in [0.25, 0.3) is 5.91 Å². The minimum atomic E-state index is -0.881. The van der Waals surface area contributed by atoms with E-state index in [1.54, 1.807) is 30.3 Å². The predicted molar refractivity (Wildman–Crippen MR) is 85.0 cm³/mol. The van der Waals surface area contributed by atoms with E-state index in [4.69, 9.17) is 0 Å². The third kappa shape index (κ3) is 2.65. The third-order valence-corrected chi connectivity index (χ3v) is 4.88. The highest BCUT2D eigenvalue weighted by Crippen LogP contribution is 2.37. The number of carbonyl (C=O) groups is 2. The van der Waals surface area contributed by atoms with Crippen LogP contribution in [0, 0.1) is 5.41 Å². The molecule has 7 heteroatoms. The topological polar surface area (TPSA) is 94.6 Å². The van der Waals surface area contributed by atoms with Crippen LogP contribution in [0.25, 0.3) is 0 Å². The first-order valence-corrected chi connectivity index (χ1v) is 7.97. The Morgan fingerprint density at radius 3 is 3.13 bits per heavy atom. The summed E-state index contributed by atoms with van der Waals surface area (Å²) in [6.45, 7) is 1.32. The van der Waals surface area contributed by atoms with Crippen LogP contribution in [-0.2, 0) is 4.79 Å². The van der Waals surface area contributed by atoms with Gasteiger partial charge in [-0.2, -0.15) is 0 Å². The zero-order valence-electron chi connectivity index (χ0n) is 13.2. The molecule has 2 saturated heterocycles. The maximum absolute atomic E-state index is 12.9. The number of hydrogen-bond acceptors (Lipinski definition) is 5. The van der Waals surface area contributed by atoms with Gasteiger partial charge in [-0.15, -0.1) is 0 Å². The van der Waals surface area contributed by atoms with Crippen LogP contribution in [0.15, 0.2) is 18.3 Å². The summed E-state index contributed by atoms with van der Waals surface area (Å²) in [5.41, 5.74) is -0.397. The van der Waals surface area contributed by atoms with Gasteiger partial charge in [0, 0.05) is 32.9 Å². The number of likely N-dealkylation sites (tertiary alicyclic amines) is 1. The van der Waals surface area contributed by atoms with Crippen molar-refractivity contribution in [3.8, 4) is 0 Å². The number of nitrogens with one attached hydrogen (secondary N) is 2. The zero-order valence-corrected chi connectivity index (χ0v) is 13.2. The third-order valence-electron chi connectivity index (χ3n) is 4.88. The number of pyridine rings is 1. The van der Waals surface area contributed by atoms with E-state index in [-0.39, 0.29) is 18.4 Å². The number of nitrogens with zero attached hydrogens (tertiary/aromatic N) is 2. The van der Waals surface area contributed by atoms with Gasteiger partial charge < -0.3 is 20.6 Å². The van der Waals surface area contributed by atoms with E-state index in [0.29, 0.717) is 37.3 Å². The van der Waals surface area contributed by atoms with Crippen molar-refractivity contribution in [2.75, 3.05) is 32.0 Å². The number of anilines is 1. The molecule has 2 aliphatic heterocycles. The van der Waals surface area contributed by atoms with Gasteiger partial charge in [-0.25, -0.2) is 4.98 Å². The number of amides is 2. The first kappa shape index (κ1) is 15.7. The molecule has 23 heavy (non-hydrogen) atoms. The summed E-state index contributed by atoms with van der Waals surface area (Å²) < 4.78 is 0. The normalized spacial score (nSPS) is 27.7. The number of carbonyl (C=O) groups excluding carboxylic acids is 2. The second-order valence-electron chi connectivity index (χ2n) is 6.20. The lowest BCUT2D eigenvalue weighted by Crippen LogP contribution is -2.62. The van der Waals surface area contributed by atoms with Crippen LogP contribution in [0.1, 0.15) is 29.6 Å². The fourth-order valence-electron chi connectivity index (χ4n) is 3.56. The van der Waals surface area contributed by atoms with Crippen molar-refractivity contribution in [2.45, 2.75) is 25.4 Å². The minimum absolute atomic E-state index is 0.145. The Labute approximate surface area is 135 Å². The largest absolute Gasteiger partial charge is 0.392 e. The highest BCUT2D eigenvalue weighted by molar-refractivity contribution is 5.99. The lowest BCUT2D eigenvalue weighted by Gasteiger charge is -2.46. The van der Waals surface area contributed by atoms with E-state index >= 15 is 0 Å². The van der Waals surface area contributed by atoms with Crippen LogP contribution in [0.2, 0.25) is 0 Å². The van der Waals surface area contributed by atoms with E-state index in [1.165, 1.54) is 0 Å². The summed E-state index contributed by atoms with van der Waals surface area (Å²) in [7, 11) is 1.72. The van der Waals surface area contributed by atoms with Crippen LogP contribution in [0.5, 0.6) is 0 Å². The number of aliphatic hydroxyl groups is 1. The molecule has 0 bridgehead atoms.